The van der Waals surface area contributed by atoms with Crippen LogP contribution in [0.3, 0.4) is 0 Å². The Morgan fingerprint density at radius 3 is 2.52 bits per heavy atom. The number of ether oxygens (including phenoxy) is 1. The number of carbonyl (C=O) groups excluding carboxylic acids is 1. The quantitative estimate of drug-likeness (QED) is 0.430. The molecule has 2 N–H and O–H groups in total. The molecule has 0 aliphatic rings. The fourth-order valence-electron chi connectivity index (χ4n) is 2.03. The van der Waals surface area contributed by atoms with E-state index in [1.807, 2.05) is 18.2 Å². The number of para-hydroxylation sites is 1. The highest BCUT2D eigenvalue weighted by atomic mass is 16.5. The smallest absolute Gasteiger partial charge is 0.319 e. The summed E-state index contributed by atoms with van der Waals surface area (Å²) in [6, 6.07) is 18.1. The van der Waals surface area contributed by atoms with Gasteiger partial charge in [-0.05, 0) is 24.6 Å². The van der Waals surface area contributed by atoms with Crippen LogP contribution in [0.4, 0.5) is 0 Å². The fraction of sp³-hybridized carbons (Fsp3) is 0.176. The summed E-state index contributed by atoms with van der Waals surface area (Å²) in [5.74, 6) is -0.976. The second-order valence-electron chi connectivity index (χ2n) is 5.01. The minimum absolute atomic E-state index is 0.0292. The summed E-state index contributed by atoms with van der Waals surface area (Å²) in [7, 11) is 0.416. The van der Waals surface area contributed by atoms with Gasteiger partial charge in [-0.3, -0.25) is 9.59 Å². The lowest BCUT2D eigenvalue weighted by atomic mass is 9.81. The van der Waals surface area contributed by atoms with Gasteiger partial charge in [-0.25, -0.2) is 0 Å². The number of carboxylic acids is 1. The normalized spacial score (nSPS) is 11.5. The highest BCUT2D eigenvalue weighted by Gasteiger charge is 2.19. The highest BCUT2D eigenvalue weighted by Crippen LogP contribution is 2.10. The molecule has 5 nitrogen and oxygen atoms in total. The number of rotatable bonds is 8. The summed E-state index contributed by atoms with van der Waals surface area (Å²) in [4.78, 5) is 23.0. The molecule has 0 amide bonds. The Bertz CT molecular complexity index is 634. The number of hydrogen-bond acceptors (Lipinski definition) is 4. The van der Waals surface area contributed by atoms with Gasteiger partial charge in [-0.15, -0.1) is 0 Å². The molecular weight excluding hydrogens is 293 g/mol. The molecule has 0 saturated heterocycles. The molecule has 0 unspecified atom stereocenters. The van der Waals surface area contributed by atoms with E-state index in [2.05, 4.69) is 11.3 Å². The lowest BCUT2D eigenvalue weighted by Crippen LogP contribution is -2.43. The number of carboxylic acid groups (broad SMARTS) is 1. The predicted octanol–water partition coefficient (Wildman–Crippen LogP) is 0.892. The van der Waals surface area contributed by atoms with Gasteiger partial charge in [-0.2, -0.15) is 0 Å². The maximum absolute atomic E-state index is 11.8. The fourth-order valence-corrected chi connectivity index (χ4v) is 2.03. The third-order valence-electron chi connectivity index (χ3n) is 3.25. The Morgan fingerprint density at radius 2 is 1.87 bits per heavy atom. The van der Waals surface area contributed by atoms with Crippen LogP contribution in [-0.2, 0) is 9.59 Å². The predicted molar refractivity (Wildman–Crippen MR) is 87.9 cm³/mol. The zero-order chi connectivity index (χ0) is 16.5. The molecule has 2 aromatic carbocycles. The minimum atomic E-state index is -0.986. The van der Waals surface area contributed by atoms with Crippen LogP contribution in [0.1, 0.15) is 12.8 Å². The van der Waals surface area contributed by atoms with E-state index in [1.165, 1.54) is 0 Å². The van der Waals surface area contributed by atoms with E-state index >= 15 is 0 Å². The minimum Gasteiger partial charge on any atom is -0.480 e. The van der Waals surface area contributed by atoms with Crippen molar-refractivity contribution >= 4 is 24.8 Å². The van der Waals surface area contributed by atoms with Crippen molar-refractivity contribution < 1.29 is 19.4 Å². The van der Waals surface area contributed by atoms with E-state index in [4.69, 9.17) is 4.74 Å². The SMILES string of the molecule is O=C(CC[C@H](NBc1cc[c]cc1)C(=O)O)Oc1ccccc1. The van der Waals surface area contributed by atoms with Crippen molar-refractivity contribution in [1.29, 1.82) is 0 Å². The first-order valence-corrected chi connectivity index (χ1v) is 7.32. The van der Waals surface area contributed by atoms with Gasteiger partial charge in [0.05, 0.1) is 6.04 Å². The lowest BCUT2D eigenvalue weighted by Gasteiger charge is -2.13. The molecule has 0 heterocycles. The topological polar surface area (TPSA) is 75.6 Å². The summed E-state index contributed by atoms with van der Waals surface area (Å²) in [5, 5.41) is 12.2. The van der Waals surface area contributed by atoms with E-state index in [0.29, 0.717) is 13.2 Å². The van der Waals surface area contributed by atoms with Crippen LogP contribution in [0.2, 0.25) is 0 Å². The number of benzene rings is 2. The average Bonchev–Trinajstić information content (AvgIpc) is 2.56. The Labute approximate surface area is 135 Å². The first kappa shape index (κ1) is 16.8. The Morgan fingerprint density at radius 1 is 1.17 bits per heavy atom. The number of hydrogen-bond donors (Lipinski definition) is 2. The molecule has 2 aromatic rings. The van der Waals surface area contributed by atoms with Crippen molar-refractivity contribution in [3.05, 3.63) is 60.7 Å². The second kappa shape index (κ2) is 8.75. The van der Waals surface area contributed by atoms with Crippen LogP contribution in [0.25, 0.3) is 0 Å². The van der Waals surface area contributed by atoms with Gasteiger partial charge >= 0.3 is 11.9 Å². The van der Waals surface area contributed by atoms with Crippen LogP contribution in [0.15, 0.2) is 54.6 Å². The zero-order valence-corrected chi connectivity index (χ0v) is 12.6. The van der Waals surface area contributed by atoms with Gasteiger partial charge in [0.1, 0.15) is 5.75 Å². The molecule has 0 saturated carbocycles. The monoisotopic (exact) mass is 310 g/mol. The van der Waals surface area contributed by atoms with Crippen molar-refractivity contribution in [2.75, 3.05) is 0 Å². The average molecular weight is 310 g/mol. The molecule has 0 aliphatic heterocycles. The molecule has 1 radical (unpaired) electrons. The van der Waals surface area contributed by atoms with Crippen LogP contribution in [0.5, 0.6) is 5.75 Å². The zero-order valence-electron chi connectivity index (χ0n) is 12.6. The molecule has 0 bridgehead atoms. The molecule has 1 atom stereocenters. The Kier molecular flexibility index (Phi) is 6.38. The van der Waals surface area contributed by atoms with Gasteiger partial charge in [0.25, 0.3) is 0 Å². The van der Waals surface area contributed by atoms with E-state index in [9.17, 15) is 14.7 Å². The van der Waals surface area contributed by atoms with Crippen molar-refractivity contribution in [1.82, 2.24) is 5.23 Å². The van der Waals surface area contributed by atoms with Gasteiger partial charge in [0.2, 0.25) is 7.41 Å². The van der Waals surface area contributed by atoms with E-state index < -0.39 is 18.0 Å². The summed E-state index contributed by atoms with van der Waals surface area (Å²) < 4.78 is 5.14. The maximum Gasteiger partial charge on any atom is 0.319 e. The molecule has 0 fully saturated rings. The molecule has 0 spiro atoms. The van der Waals surface area contributed by atoms with E-state index in [0.717, 1.165) is 5.46 Å². The number of carbonyl (C=O) groups is 2. The standard InChI is InChI=1S/C17H17BNO4/c20-16(23-14-9-5-2-6-10-14)12-11-15(17(21)22)19-18-13-7-3-1-4-8-13/h2-10,15,18-19H,11-12H2,(H,21,22)/t15-/m0/s1. The van der Waals surface area contributed by atoms with Crippen LogP contribution < -0.4 is 15.4 Å². The molecular formula is C17H17BNO4. The second-order valence-corrected chi connectivity index (χ2v) is 5.01. The van der Waals surface area contributed by atoms with Gasteiger partial charge in [0, 0.05) is 6.42 Å². The summed E-state index contributed by atoms with van der Waals surface area (Å²) in [6.07, 6.45) is 0.196. The van der Waals surface area contributed by atoms with E-state index in [1.54, 1.807) is 36.4 Å². The number of nitrogens with one attached hydrogen (secondary N) is 1. The van der Waals surface area contributed by atoms with E-state index in [-0.39, 0.29) is 12.8 Å². The molecule has 6 heteroatoms. The lowest BCUT2D eigenvalue weighted by molar-refractivity contribution is -0.139. The van der Waals surface area contributed by atoms with Crippen LogP contribution in [0, 0.1) is 6.07 Å². The third kappa shape index (κ3) is 5.96. The third-order valence-corrected chi connectivity index (χ3v) is 3.25. The van der Waals surface area contributed by atoms with Gasteiger partial charge < -0.3 is 15.1 Å². The molecule has 2 rings (SSSR count). The Hall–Kier alpha value is -2.60. The van der Waals surface area contributed by atoms with Crippen LogP contribution >= 0.6 is 0 Å². The van der Waals surface area contributed by atoms with Crippen molar-refractivity contribution in [2.45, 2.75) is 18.9 Å². The van der Waals surface area contributed by atoms with Crippen molar-refractivity contribution in [2.24, 2.45) is 0 Å². The van der Waals surface area contributed by atoms with Gasteiger partial charge in [-0.1, -0.05) is 47.9 Å². The summed E-state index contributed by atoms with van der Waals surface area (Å²) in [6.45, 7) is 0. The Balaban J connectivity index is 1.80. The number of aliphatic carboxylic acids is 1. The highest BCUT2D eigenvalue weighted by molar-refractivity contribution is 6.51. The summed E-state index contributed by atoms with van der Waals surface area (Å²) >= 11 is 0. The molecule has 0 aromatic heterocycles. The first-order valence-electron chi connectivity index (χ1n) is 7.32. The first-order chi connectivity index (χ1) is 11.1. The van der Waals surface area contributed by atoms with Crippen molar-refractivity contribution in [3.63, 3.8) is 0 Å². The van der Waals surface area contributed by atoms with Gasteiger partial charge in [0.15, 0.2) is 0 Å². The maximum atomic E-state index is 11.8. The molecule has 0 aliphatic carbocycles. The largest absolute Gasteiger partial charge is 0.480 e. The molecule has 23 heavy (non-hydrogen) atoms. The van der Waals surface area contributed by atoms with Crippen LogP contribution in [-0.4, -0.2) is 30.5 Å². The van der Waals surface area contributed by atoms with Crippen molar-refractivity contribution in [3.8, 4) is 5.75 Å². The number of esters is 1. The summed E-state index contributed by atoms with van der Waals surface area (Å²) in [5.41, 5.74) is 0.960. The molecule has 117 valence electrons.